The molecule has 1 saturated carbocycles. The molecule has 1 N–H and O–H groups in total. The molecule has 1 aromatic carbocycles. The van der Waals surface area contributed by atoms with Gasteiger partial charge in [-0.15, -0.1) is 0 Å². The number of nitrogens with zero attached hydrogens (tertiary/aromatic N) is 1. The minimum atomic E-state index is -0.789. The molecule has 0 heterocycles. The van der Waals surface area contributed by atoms with Gasteiger partial charge in [0, 0.05) is 6.42 Å². The van der Waals surface area contributed by atoms with Crippen LogP contribution in [-0.2, 0) is 5.60 Å². The molecule has 1 aliphatic rings. The van der Waals surface area contributed by atoms with Crippen LogP contribution >= 0.6 is 0 Å². The number of hydrogen-bond donors (Lipinski definition) is 1. The van der Waals surface area contributed by atoms with Gasteiger partial charge in [-0.3, -0.25) is 4.90 Å². The number of benzene rings is 1. The Morgan fingerprint density at radius 3 is 2.19 bits per heavy atom. The first-order chi connectivity index (χ1) is 12.7. The third-order valence-corrected chi connectivity index (χ3v) is 5.75. The molecule has 2 rings (SSSR count). The first-order valence-corrected chi connectivity index (χ1v) is 10.7. The minimum Gasteiger partial charge on any atom is -0.384 e. The summed E-state index contributed by atoms with van der Waals surface area (Å²) in [4.78, 5) is 2.47. The summed E-state index contributed by atoms with van der Waals surface area (Å²) in [7, 11) is 0. The van der Waals surface area contributed by atoms with Gasteiger partial charge >= 0.3 is 0 Å². The number of rotatable bonds is 10. The van der Waals surface area contributed by atoms with Crippen LogP contribution in [0.2, 0.25) is 0 Å². The summed E-state index contributed by atoms with van der Waals surface area (Å²) in [6.07, 6.45) is 10.2. The third kappa shape index (κ3) is 6.15. The lowest BCUT2D eigenvalue weighted by Gasteiger charge is -2.33. The van der Waals surface area contributed by atoms with Crippen LogP contribution in [0.5, 0.6) is 0 Å². The number of hydrogen-bond acceptors (Lipinski definition) is 2. The lowest BCUT2D eigenvalue weighted by Crippen LogP contribution is -2.33. The van der Waals surface area contributed by atoms with Gasteiger partial charge in [0.15, 0.2) is 0 Å². The molecule has 26 heavy (non-hydrogen) atoms. The van der Waals surface area contributed by atoms with E-state index in [-0.39, 0.29) is 0 Å². The predicted molar refractivity (Wildman–Crippen MR) is 111 cm³/mol. The monoisotopic (exact) mass is 355 g/mol. The molecule has 144 valence electrons. The van der Waals surface area contributed by atoms with Gasteiger partial charge in [0.25, 0.3) is 0 Å². The van der Waals surface area contributed by atoms with Crippen molar-refractivity contribution in [1.82, 2.24) is 4.90 Å². The van der Waals surface area contributed by atoms with Crippen molar-refractivity contribution in [2.24, 2.45) is 5.92 Å². The van der Waals surface area contributed by atoms with E-state index in [1.165, 1.54) is 38.5 Å². The van der Waals surface area contributed by atoms with E-state index in [0.29, 0.717) is 12.3 Å². The quantitative estimate of drug-likeness (QED) is 0.571. The Labute approximate surface area is 161 Å². The van der Waals surface area contributed by atoms with Crippen molar-refractivity contribution in [2.45, 2.75) is 77.2 Å². The maximum absolute atomic E-state index is 11.5. The molecule has 0 saturated heterocycles. The first-order valence-electron chi connectivity index (χ1n) is 10.7. The molecule has 2 heteroatoms. The van der Waals surface area contributed by atoms with Gasteiger partial charge in [0.1, 0.15) is 5.60 Å². The van der Waals surface area contributed by atoms with Crippen LogP contribution in [0.15, 0.2) is 30.3 Å². The summed E-state index contributed by atoms with van der Waals surface area (Å²) in [6.45, 7) is 7.58. The molecule has 0 amide bonds. The van der Waals surface area contributed by atoms with Crippen molar-refractivity contribution in [3.8, 4) is 11.8 Å². The van der Waals surface area contributed by atoms with Gasteiger partial charge in [-0.1, -0.05) is 81.7 Å². The van der Waals surface area contributed by atoms with Crippen molar-refractivity contribution in [1.29, 1.82) is 0 Å². The largest absolute Gasteiger partial charge is 0.384 e. The standard InChI is InChI=1S/C24H37NO/c1-3-5-19-25(20-6-4-2)21-13-12-18-24(26,23-16-10-11-17-23)22-14-8-7-9-15-22/h7-9,14-15,23,26H,3-6,10-11,16-21H2,1-2H3/t24-/m0/s1. The zero-order valence-corrected chi connectivity index (χ0v) is 16.8. The van der Waals surface area contributed by atoms with E-state index in [4.69, 9.17) is 0 Å². The molecule has 1 fully saturated rings. The summed E-state index contributed by atoms with van der Waals surface area (Å²) < 4.78 is 0. The van der Waals surface area contributed by atoms with Crippen LogP contribution in [0.4, 0.5) is 0 Å². The molecular weight excluding hydrogens is 318 g/mol. The lowest BCUT2D eigenvalue weighted by molar-refractivity contribution is -0.0173. The maximum Gasteiger partial charge on any atom is 0.103 e. The van der Waals surface area contributed by atoms with Gasteiger partial charge in [-0.05, 0) is 50.3 Å². The Bertz CT molecular complexity index is 545. The highest BCUT2D eigenvalue weighted by Gasteiger charge is 2.39. The molecule has 1 aliphatic carbocycles. The van der Waals surface area contributed by atoms with Gasteiger partial charge in [-0.2, -0.15) is 0 Å². The zero-order chi connectivity index (χ0) is 18.7. The fourth-order valence-corrected chi connectivity index (χ4v) is 4.01. The molecule has 1 atom stereocenters. The van der Waals surface area contributed by atoms with E-state index in [2.05, 4.69) is 42.7 Å². The van der Waals surface area contributed by atoms with E-state index in [0.717, 1.165) is 38.0 Å². The zero-order valence-electron chi connectivity index (χ0n) is 16.8. The summed E-state index contributed by atoms with van der Waals surface area (Å²) >= 11 is 0. The van der Waals surface area contributed by atoms with Crippen LogP contribution < -0.4 is 0 Å². The summed E-state index contributed by atoms with van der Waals surface area (Å²) in [6, 6.07) is 10.2. The second-order valence-electron chi connectivity index (χ2n) is 7.79. The topological polar surface area (TPSA) is 23.5 Å². The molecule has 0 bridgehead atoms. The second kappa shape index (κ2) is 11.4. The molecule has 0 spiro atoms. The Kier molecular flexibility index (Phi) is 9.23. The summed E-state index contributed by atoms with van der Waals surface area (Å²) in [5.41, 5.74) is 0.248. The van der Waals surface area contributed by atoms with E-state index >= 15 is 0 Å². The van der Waals surface area contributed by atoms with E-state index in [1.54, 1.807) is 0 Å². The molecule has 2 nitrogen and oxygen atoms in total. The normalized spacial score (nSPS) is 17.1. The number of unbranched alkanes of at least 4 members (excludes halogenated alkanes) is 2. The molecule has 0 radical (unpaired) electrons. The third-order valence-electron chi connectivity index (χ3n) is 5.75. The van der Waals surface area contributed by atoms with E-state index in [1.807, 2.05) is 18.2 Å². The van der Waals surface area contributed by atoms with Crippen LogP contribution in [-0.4, -0.2) is 29.6 Å². The smallest absolute Gasteiger partial charge is 0.103 e. The molecule has 1 aromatic rings. The van der Waals surface area contributed by atoms with Crippen molar-refractivity contribution >= 4 is 0 Å². The SMILES string of the molecule is CCCCN(CC#CC[C@](O)(c1ccccc1)C1CCCC1)CCCC. The van der Waals surface area contributed by atoms with E-state index in [9.17, 15) is 5.11 Å². The Balaban J connectivity index is 2.01. The van der Waals surface area contributed by atoms with Crippen LogP contribution in [0, 0.1) is 17.8 Å². The van der Waals surface area contributed by atoms with Gasteiger partial charge in [-0.25, -0.2) is 0 Å². The van der Waals surface area contributed by atoms with Crippen molar-refractivity contribution in [3.05, 3.63) is 35.9 Å². The Morgan fingerprint density at radius 1 is 1.00 bits per heavy atom. The lowest BCUT2D eigenvalue weighted by atomic mass is 9.78. The molecule has 0 aromatic heterocycles. The van der Waals surface area contributed by atoms with E-state index < -0.39 is 5.60 Å². The van der Waals surface area contributed by atoms with Crippen molar-refractivity contribution in [3.63, 3.8) is 0 Å². The summed E-state index contributed by atoms with van der Waals surface area (Å²) in [5.74, 6) is 7.05. The Hall–Kier alpha value is -1.30. The Morgan fingerprint density at radius 2 is 1.62 bits per heavy atom. The minimum absolute atomic E-state index is 0.343. The van der Waals surface area contributed by atoms with Crippen LogP contribution in [0.25, 0.3) is 0 Å². The van der Waals surface area contributed by atoms with Gasteiger partial charge < -0.3 is 5.11 Å². The van der Waals surface area contributed by atoms with Crippen LogP contribution in [0.3, 0.4) is 0 Å². The van der Waals surface area contributed by atoms with Gasteiger partial charge in [0.2, 0.25) is 0 Å². The maximum atomic E-state index is 11.5. The first kappa shape index (κ1) is 21.0. The van der Waals surface area contributed by atoms with Crippen molar-refractivity contribution < 1.29 is 5.11 Å². The molecule has 0 unspecified atom stereocenters. The second-order valence-corrected chi connectivity index (χ2v) is 7.79. The highest BCUT2D eigenvalue weighted by molar-refractivity contribution is 5.26. The highest BCUT2D eigenvalue weighted by atomic mass is 16.3. The fourth-order valence-electron chi connectivity index (χ4n) is 4.01. The van der Waals surface area contributed by atoms with Gasteiger partial charge in [0.05, 0.1) is 6.54 Å². The highest BCUT2D eigenvalue weighted by Crippen LogP contribution is 2.42. The number of aliphatic hydroxyl groups is 1. The average molecular weight is 356 g/mol. The molecular formula is C24H37NO. The summed E-state index contributed by atoms with van der Waals surface area (Å²) in [5, 5.41) is 11.5. The van der Waals surface area contributed by atoms with Crippen molar-refractivity contribution in [2.75, 3.05) is 19.6 Å². The van der Waals surface area contributed by atoms with Crippen LogP contribution in [0.1, 0.15) is 77.2 Å². The predicted octanol–water partition coefficient (Wildman–Crippen LogP) is 5.36. The fraction of sp³-hybridized carbons (Fsp3) is 0.667. The average Bonchev–Trinajstić information content (AvgIpc) is 3.22. The molecule has 0 aliphatic heterocycles.